The Hall–Kier alpha value is -1.88. The van der Waals surface area contributed by atoms with Crippen LogP contribution in [-0.2, 0) is 6.54 Å². The van der Waals surface area contributed by atoms with E-state index < -0.39 is 0 Å². The third kappa shape index (κ3) is 3.04. The van der Waals surface area contributed by atoms with Crippen LogP contribution in [0.3, 0.4) is 0 Å². The van der Waals surface area contributed by atoms with Gasteiger partial charge in [0, 0.05) is 12.1 Å². The highest BCUT2D eigenvalue weighted by Gasteiger charge is 2.02. The molecule has 0 unspecified atom stereocenters. The molecule has 1 heterocycles. The fourth-order valence-corrected chi connectivity index (χ4v) is 1.44. The summed E-state index contributed by atoms with van der Waals surface area (Å²) >= 11 is 0. The van der Waals surface area contributed by atoms with Gasteiger partial charge in [-0.2, -0.15) is 0 Å². The first-order valence-corrected chi connectivity index (χ1v) is 5.63. The topological polar surface area (TPSA) is 63.6 Å². The van der Waals surface area contributed by atoms with E-state index in [1.807, 2.05) is 12.1 Å². The second kappa shape index (κ2) is 5.45. The van der Waals surface area contributed by atoms with Gasteiger partial charge in [-0.15, -0.1) is 20.4 Å². The van der Waals surface area contributed by atoms with Gasteiger partial charge >= 0.3 is 0 Å². The standard InChI is InChI=1S/C12H15N5/c1-3-13-8-10-4-6-11(7-5-10)12-16-14-9(2)15-17-12/h4-7,13H,3,8H2,1-2H3. The zero-order chi connectivity index (χ0) is 12.1. The monoisotopic (exact) mass is 229 g/mol. The van der Waals surface area contributed by atoms with Gasteiger partial charge < -0.3 is 5.32 Å². The van der Waals surface area contributed by atoms with E-state index >= 15 is 0 Å². The number of aryl methyl sites for hydroxylation is 1. The third-order valence-corrected chi connectivity index (χ3v) is 2.37. The van der Waals surface area contributed by atoms with Gasteiger partial charge in [0.2, 0.25) is 5.82 Å². The summed E-state index contributed by atoms with van der Waals surface area (Å²) in [6, 6.07) is 8.09. The van der Waals surface area contributed by atoms with Crippen molar-refractivity contribution in [2.45, 2.75) is 20.4 Å². The Morgan fingerprint density at radius 1 is 1.00 bits per heavy atom. The fraction of sp³-hybridized carbons (Fsp3) is 0.333. The van der Waals surface area contributed by atoms with E-state index in [9.17, 15) is 0 Å². The molecule has 0 spiro atoms. The molecule has 0 saturated carbocycles. The number of hydrogen-bond acceptors (Lipinski definition) is 5. The van der Waals surface area contributed by atoms with Gasteiger partial charge in [-0.05, 0) is 19.0 Å². The molecule has 0 aliphatic rings. The number of benzene rings is 1. The van der Waals surface area contributed by atoms with E-state index in [1.54, 1.807) is 6.92 Å². The highest BCUT2D eigenvalue weighted by Crippen LogP contribution is 2.13. The van der Waals surface area contributed by atoms with Crippen LogP contribution in [-0.4, -0.2) is 26.9 Å². The molecule has 1 aromatic heterocycles. The minimum absolute atomic E-state index is 0.561. The lowest BCUT2D eigenvalue weighted by Crippen LogP contribution is -2.11. The van der Waals surface area contributed by atoms with Crippen molar-refractivity contribution >= 4 is 0 Å². The Morgan fingerprint density at radius 3 is 2.24 bits per heavy atom. The smallest absolute Gasteiger partial charge is 0.203 e. The normalized spacial score (nSPS) is 10.5. The Morgan fingerprint density at radius 2 is 1.65 bits per heavy atom. The first kappa shape index (κ1) is 11.6. The first-order chi connectivity index (χ1) is 8.29. The molecular formula is C12H15N5. The van der Waals surface area contributed by atoms with Crippen LogP contribution in [0.25, 0.3) is 11.4 Å². The van der Waals surface area contributed by atoms with Crippen molar-refractivity contribution in [2.24, 2.45) is 0 Å². The molecule has 2 rings (SSSR count). The average molecular weight is 229 g/mol. The zero-order valence-corrected chi connectivity index (χ0v) is 10.0. The van der Waals surface area contributed by atoms with Gasteiger partial charge in [0.05, 0.1) is 0 Å². The predicted octanol–water partition coefficient (Wildman–Crippen LogP) is 1.35. The van der Waals surface area contributed by atoms with E-state index in [1.165, 1.54) is 5.56 Å². The van der Waals surface area contributed by atoms with Crippen molar-refractivity contribution in [2.75, 3.05) is 6.54 Å². The molecule has 0 radical (unpaired) electrons. The van der Waals surface area contributed by atoms with Crippen LogP contribution in [0.5, 0.6) is 0 Å². The molecule has 1 aromatic carbocycles. The summed E-state index contributed by atoms with van der Waals surface area (Å²) in [6.07, 6.45) is 0. The van der Waals surface area contributed by atoms with E-state index in [0.29, 0.717) is 11.6 Å². The van der Waals surface area contributed by atoms with Crippen molar-refractivity contribution in [3.63, 3.8) is 0 Å². The van der Waals surface area contributed by atoms with E-state index in [4.69, 9.17) is 0 Å². The van der Waals surface area contributed by atoms with Crippen LogP contribution in [0.15, 0.2) is 24.3 Å². The van der Waals surface area contributed by atoms with Crippen molar-refractivity contribution in [3.05, 3.63) is 35.7 Å². The third-order valence-electron chi connectivity index (χ3n) is 2.37. The summed E-state index contributed by atoms with van der Waals surface area (Å²) in [7, 11) is 0. The van der Waals surface area contributed by atoms with Crippen molar-refractivity contribution < 1.29 is 0 Å². The van der Waals surface area contributed by atoms with Crippen LogP contribution in [0.2, 0.25) is 0 Å². The Balaban J connectivity index is 2.14. The van der Waals surface area contributed by atoms with Gasteiger partial charge in [0.15, 0.2) is 5.82 Å². The van der Waals surface area contributed by atoms with Crippen molar-refractivity contribution in [1.82, 2.24) is 25.7 Å². The second-order valence-corrected chi connectivity index (χ2v) is 3.75. The molecule has 1 N–H and O–H groups in total. The quantitative estimate of drug-likeness (QED) is 0.857. The predicted molar refractivity (Wildman–Crippen MR) is 65.2 cm³/mol. The molecule has 0 fully saturated rings. The van der Waals surface area contributed by atoms with E-state index in [-0.39, 0.29) is 0 Å². The molecule has 0 aliphatic heterocycles. The lowest BCUT2D eigenvalue weighted by atomic mass is 10.1. The van der Waals surface area contributed by atoms with Crippen LogP contribution >= 0.6 is 0 Å². The van der Waals surface area contributed by atoms with Crippen molar-refractivity contribution in [3.8, 4) is 11.4 Å². The van der Waals surface area contributed by atoms with Gasteiger partial charge in [-0.3, -0.25) is 0 Å². The SMILES string of the molecule is CCNCc1ccc(-c2nnc(C)nn2)cc1. The number of rotatable bonds is 4. The molecule has 17 heavy (non-hydrogen) atoms. The second-order valence-electron chi connectivity index (χ2n) is 3.75. The molecule has 5 nitrogen and oxygen atoms in total. The average Bonchev–Trinajstić information content (AvgIpc) is 2.38. The van der Waals surface area contributed by atoms with Gasteiger partial charge in [0.25, 0.3) is 0 Å². The summed E-state index contributed by atoms with van der Waals surface area (Å²) < 4.78 is 0. The Labute approximate surface area is 100 Å². The summed E-state index contributed by atoms with van der Waals surface area (Å²) in [5.74, 6) is 1.14. The fourth-order valence-electron chi connectivity index (χ4n) is 1.44. The molecule has 88 valence electrons. The zero-order valence-electron chi connectivity index (χ0n) is 10.0. The molecule has 0 aliphatic carbocycles. The highest BCUT2D eigenvalue weighted by molar-refractivity contribution is 5.54. The summed E-state index contributed by atoms with van der Waals surface area (Å²) in [4.78, 5) is 0. The molecule has 0 atom stereocenters. The van der Waals surface area contributed by atoms with Gasteiger partial charge in [-0.1, -0.05) is 31.2 Å². The summed E-state index contributed by atoms with van der Waals surface area (Å²) in [5, 5.41) is 19.1. The summed E-state index contributed by atoms with van der Waals surface area (Å²) in [5.41, 5.74) is 2.17. The maximum atomic E-state index is 4.00. The molecule has 0 saturated heterocycles. The molecule has 0 bridgehead atoms. The van der Waals surface area contributed by atoms with Crippen LogP contribution in [0, 0.1) is 6.92 Å². The van der Waals surface area contributed by atoms with Crippen LogP contribution in [0.1, 0.15) is 18.3 Å². The minimum atomic E-state index is 0.561. The maximum Gasteiger partial charge on any atom is 0.203 e. The highest BCUT2D eigenvalue weighted by atomic mass is 15.3. The lowest BCUT2D eigenvalue weighted by molar-refractivity contribution is 0.727. The Kier molecular flexibility index (Phi) is 3.72. The summed E-state index contributed by atoms with van der Waals surface area (Å²) in [6.45, 7) is 5.70. The molecule has 5 heteroatoms. The molecular weight excluding hydrogens is 214 g/mol. The van der Waals surface area contributed by atoms with E-state index in [0.717, 1.165) is 18.7 Å². The number of nitrogens with one attached hydrogen (secondary N) is 1. The molecule has 2 aromatic rings. The van der Waals surface area contributed by atoms with E-state index in [2.05, 4.69) is 44.8 Å². The largest absolute Gasteiger partial charge is 0.313 e. The number of hydrogen-bond donors (Lipinski definition) is 1. The van der Waals surface area contributed by atoms with Gasteiger partial charge in [-0.25, -0.2) is 0 Å². The van der Waals surface area contributed by atoms with Crippen LogP contribution < -0.4 is 5.32 Å². The number of aromatic nitrogens is 4. The molecule has 0 amide bonds. The lowest BCUT2D eigenvalue weighted by Gasteiger charge is -2.03. The number of nitrogens with zero attached hydrogens (tertiary/aromatic N) is 4. The Bertz CT molecular complexity index is 463. The van der Waals surface area contributed by atoms with Crippen LogP contribution in [0.4, 0.5) is 0 Å². The van der Waals surface area contributed by atoms with Gasteiger partial charge in [0.1, 0.15) is 0 Å². The van der Waals surface area contributed by atoms with Crippen molar-refractivity contribution in [1.29, 1.82) is 0 Å². The maximum absolute atomic E-state index is 4.00. The minimum Gasteiger partial charge on any atom is -0.313 e. The first-order valence-electron chi connectivity index (χ1n) is 5.63.